The average Bonchev–Trinajstić information content (AvgIpc) is 2.82. The van der Waals surface area contributed by atoms with Crippen molar-refractivity contribution in [2.45, 2.75) is 32.1 Å². The summed E-state index contributed by atoms with van der Waals surface area (Å²) in [5.74, 6) is 0.970. The Hall–Kier alpha value is -0.630. The van der Waals surface area contributed by atoms with Crippen LogP contribution in [0.2, 0.25) is 0 Å². The number of fused-ring (bicyclic) bond motifs is 1. The van der Waals surface area contributed by atoms with Gasteiger partial charge in [0.2, 0.25) is 0 Å². The predicted octanol–water partition coefficient (Wildman–Crippen LogP) is 2.09. The molecule has 0 aromatic rings. The fraction of sp³-hybridized carbons (Fsp3) is 0.750. The van der Waals surface area contributed by atoms with E-state index >= 15 is 0 Å². The molecule has 1 saturated carbocycles. The van der Waals surface area contributed by atoms with Crippen molar-refractivity contribution in [2.24, 2.45) is 11.3 Å². The third-order valence-electron chi connectivity index (χ3n) is 3.95. The number of ketones is 1. The Bertz CT molecular complexity index is 305. The van der Waals surface area contributed by atoms with E-state index in [0.717, 1.165) is 31.4 Å². The summed E-state index contributed by atoms with van der Waals surface area (Å²) in [6.45, 7) is 1.51. The summed E-state index contributed by atoms with van der Waals surface area (Å²) in [6, 6.07) is 0. The van der Waals surface area contributed by atoms with Gasteiger partial charge in [0.05, 0.1) is 18.6 Å². The molecule has 3 aliphatic rings. The van der Waals surface area contributed by atoms with Crippen molar-refractivity contribution in [1.82, 2.24) is 0 Å². The summed E-state index contributed by atoms with van der Waals surface area (Å²) >= 11 is 0. The Kier molecular flexibility index (Phi) is 1.81. The van der Waals surface area contributed by atoms with E-state index in [9.17, 15) is 4.79 Å². The quantitative estimate of drug-likeness (QED) is 0.669. The summed E-state index contributed by atoms with van der Waals surface area (Å²) in [7, 11) is 0. The summed E-state index contributed by atoms with van der Waals surface area (Å²) in [6.07, 6.45) is 7.80. The number of carbonyl (C=O) groups is 1. The van der Waals surface area contributed by atoms with Crippen LogP contribution in [0, 0.1) is 11.3 Å². The molecule has 0 N–H and O–H groups in total. The van der Waals surface area contributed by atoms with Crippen LogP contribution in [0.5, 0.6) is 0 Å². The van der Waals surface area contributed by atoms with Crippen molar-refractivity contribution >= 4 is 5.78 Å². The highest BCUT2D eigenvalue weighted by Crippen LogP contribution is 2.58. The van der Waals surface area contributed by atoms with Gasteiger partial charge in [0.15, 0.2) is 5.78 Å². The second-order valence-corrected chi connectivity index (χ2v) is 4.88. The third-order valence-corrected chi connectivity index (χ3v) is 3.95. The first-order valence-electron chi connectivity index (χ1n) is 5.64. The second-order valence-electron chi connectivity index (χ2n) is 4.88. The van der Waals surface area contributed by atoms with Crippen molar-refractivity contribution < 1.29 is 9.53 Å². The molecule has 0 amide bonds. The zero-order valence-corrected chi connectivity index (χ0v) is 8.42. The van der Waals surface area contributed by atoms with Gasteiger partial charge < -0.3 is 4.74 Å². The molecule has 0 bridgehead atoms. The standard InChI is InChI=1S/C12H16O2/c13-11(9-4-2-1-3-5-9)12-6-10(12)7-14-8-12/h4,10H,1-3,5-8H2. The van der Waals surface area contributed by atoms with Crippen molar-refractivity contribution in [3.05, 3.63) is 11.6 Å². The van der Waals surface area contributed by atoms with E-state index in [1.54, 1.807) is 0 Å². The lowest BCUT2D eigenvalue weighted by Crippen LogP contribution is -2.22. The van der Waals surface area contributed by atoms with E-state index in [1.165, 1.54) is 12.8 Å². The Morgan fingerprint density at radius 1 is 1.50 bits per heavy atom. The van der Waals surface area contributed by atoms with Gasteiger partial charge in [0.25, 0.3) is 0 Å². The van der Waals surface area contributed by atoms with E-state index in [1.807, 2.05) is 0 Å². The largest absolute Gasteiger partial charge is 0.380 e. The van der Waals surface area contributed by atoms with Gasteiger partial charge in [-0.25, -0.2) is 0 Å². The molecule has 76 valence electrons. The third kappa shape index (κ3) is 1.10. The number of rotatable bonds is 2. The van der Waals surface area contributed by atoms with Gasteiger partial charge in [-0.15, -0.1) is 0 Å². The smallest absolute Gasteiger partial charge is 0.167 e. The van der Waals surface area contributed by atoms with Crippen molar-refractivity contribution in [3.63, 3.8) is 0 Å². The highest BCUT2D eigenvalue weighted by atomic mass is 16.5. The fourth-order valence-electron chi connectivity index (χ4n) is 2.87. The van der Waals surface area contributed by atoms with Gasteiger partial charge in [0.1, 0.15) is 0 Å². The van der Waals surface area contributed by atoms with Crippen molar-refractivity contribution in [3.8, 4) is 0 Å². The van der Waals surface area contributed by atoms with Crippen LogP contribution in [0.1, 0.15) is 32.1 Å². The molecule has 3 rings (SSSR count). The summed E-state index contributed by atoms with van der Waals surface area (Å²) in [5, 5.41) is 0. The van der Waals surface area contributed by atoms with E-state index in [4.69, 9.17) is 4.74 Å². The molecule has 2 aliphatic carbocycles. The van der Waals surface area contributed by atoms with Gasteiger partial charge >= 0.3 is 0 Å². The highest BCUT2D eigenvalue weighted by Gasteiger charge is 2.63. The maximum atomic E-state index is 12.2. The van der Waals surface area contributed by atoms with E-state index in [2.05, 4.69) is 6.08 Å². The number of allylic oxidation sites excluding steroid dienone is 2. The van der Waals surface area contributed by atoms with Crippen LogP contribution in [0.25, 0.3) is 0 Å². The molecule has 2 nitrogen and oxygen atoms in total. The van der Waals surface area contributed by atoms with E-state index in [0.29, 0.717) is 18.3 Å². The molecule has 0 aromatic heterocycles. The SMILES string of the molecule is O=C(C1=CCCCC1)C12COCC1C2. The molecule has 0 spiro atoms. The Morgan fingerprint density at radius 3 is 3.00 bits per heavy atom. The molecular weight excluding hydrogens is 176 g/mol. The molecule has 2 heteroatoms. The van der Waals surface area contributed by atoms with Crippen LogP contribution >= 0.6 is 0 Å². The van der Waals surface area contributed by atoms with Crippen LogP contribution in [0.15, 0.2) is 11.6 Å². The van der Waals surface area contributed by atoms with Crippen molar-refractivity contribution in [2.75, 3.05) is 13.2 Å². The molecular formula is C12H16O2. The molecule has 1 aliphatic heterocycles. The van der Waals surface area contributed by atoms with Crippen LogP contribution in [-0.2, 0) is 9.53 Å². The van der Waals surface area contributed by atoms with Crippen LogP contribution in [-0.4, -0.2) is 19.0 Å². The van der Waals surface area contributed by atoms with Gasteiger partial charge in [-0.1, -0.05) is 6.08 Å². The minimum absolute atomic E-state index is 0.0524. The Labute approximate surface area is 84.3 Å². The Balaban J connectivity index is 1.79. The minimum atomic E-state index is -0.0524. The monoisotopic (exact) mass is 192 g/mol. The number of carbonyl (C=O) groups excluding carboxylic acids is 1. The summed E-state index contributed by atoms with van der Waals surface area (Å²) < 4.78 is 5.37. The lowest BCUT2D eigenvalue weighted by atomic mass is 9.88. The number of hydrogen-bond acceptors (Lipinski definition) is 2. The van der Waals surface area contributed by atoms with Crippen LogP contribution in [0.3, 0.4) is 0 Å². The van der Waals surface area contributed by atoms with Crippen LogP contribution < -0.4 is 0 Å². The summed E-state index contributed by atoms with van der Waals surface area (Å²) in [5.41, 5.74) is 1.05. The van der Waals surface area contributed by atoms with Crippen LogP contribution in [0.4, 0.5) is 0 Å². The lowest BCUT2D eigenvalue weighted by molar-refractivity contribution is -0.121. The normalized spacial score (nSPS) is 40.3. The molecule has 1 saturated heterocycles. The number of ether oxygens (including phenoxy) is 1. The lowest BCUT2D eigenvalue weighted by Gasteiger charge is -2.16. The Morgan fingerprint density at radius 2 is 2.43 bits per heavy atom. The molecule has 2 fully saturated rings. The number of Topliss-reactive ketones (excluding diaryl/α,β-unsaturated/α-hetero) is 1. The molecule has 2 unspecified atom stereocenters. The predicted molar refractivity (Wildman–Crippen MR) is 52.9 cm³/mol. The molecule has 0 radical (unpaired) electrons. The van der Waals surface area contributed by atoms with Gasteiger partial charge in [-0.2, -0.15) is 0 Å². The van der Waals surface area contributed by atoms with Gasteiger partial charge in [-0.3, -0.25) is 4.79 Å². The first kappa shape index (κ1) is 8.66. The maximum absolute atomic E-state index is 12.2. The topological polar surface area (TPSA) is 26.3 Å². The van der Waals surface area contributed by atoms with Gasteiger partial charge in [-0.05, 0) is 43.6 Å². The zero-order chi connectivity index (χ0) is 9.60. The second kappa shape index (κ2) is 2.93. The fourth-order valence-corrected chi connectivity index (χ4v) is 2.87. The average molecular weight is 192 g/mol. The minimum Gasteiger partial charge on any atom is -0.380 e. The number of hydrogen-bond donors (Lipinski definition) is 0. The van der Waals surface area contributed by atoms with E-state index < -0.39 is 0 Å². The highest BCUT2D eigenvalue weighted by molar-refractivity contribution is 6.02. The maximum Gasteiger partial charge on any atom is 0.167 e. The van der Waals surface area contributed by atoms with E-state index in [-0.39, 0.29) is 5.41 Å². The zero-order valence-electron chi connectivity index (χ0n) is 8.42. The molecule has 1 heterocycles. The van der Waals surface area contributed by atoms with Crippen molar-refractivity contribution in [1.29, 1.82) is 0 Å². The molecule has 2 atom stereocenters. The first-order chi connectivity index (χ1) is 6.83. The van der Waals surface area contributed by atoms with Gasteiger partial charge in [0, 0.05) is 0 Å². The summed E-state index contributed by atoms with van der Waals surface area (Å²) in [4.78, 5) is 12.2. The first-order valence-corrected chi connectivity index (χ1v) is 5.64. The molecule has 0 aromatic carbocycles. The molecule has 14 heavy (non-hydrogen) atoms.